The number of nitrogens with zero attached hydrogens (tertiary/aromatic N) is 4. The molecule has 0 radical (unpaired) electrons. The van der Waals surface area contributed by atoms with Gasteiger partial charge >= 0.3 is 0 Å². The van der Waals surface area contributed by atoms with Crippen LogP contribution in [0.1, 0.15) is 42.6 Å². The van der Waals surface area contributed by atoms with Crippen LogP contribution < -0.4 is 20.9 Å². The summed E-state index contributed by atoms with van der Waals surface area (Å²) in [7, 11) is 1.70. The van der Waals surface area contributed by atoms with Gasteiger partial charge in [-0.25, -0.2) is 20.8 Å². The molecule has 9 nitrogen and oxygen atoms in total. The van der Waals surface area contributed by atoms with Crippen LogP contribution in [0, 0.1) is 11.3 Å². The number of ether oxygens (including phenoxy) is 2. The Labute approximate surface area is 182 Å². The molecule has 2 aromatic rings. The van der Waals surface area contributed by atoms with Gasteiger partial charge in [0.2, 0.25) is 0 Å². The van der Waals surface area contributed by atoms with Gasteiger partial charge in [0, 0.05) is 25.1 Å². The third-order valence-corrected chi connectivity index (χ3v) is 5.83. The summed E-state index contributed by atoms with van der Waals surface area (Å²) in [5.41, 5.74) is 9.06. The maximum Gasteiger partial charge on any atom is 0.158 e. The molecule has 2 saturated heterocycles. The van der Waals surface area contributed by atoms with Crippen LogP contribution in [0.15, 0.2) is 30.6 Å². The van der Waals surface area contributed by atoms with Crippen molar-refractivity contribution in [3.63, 3.8) is 0 Å². The molecule has 164 valence electrons. The van der Waals surface area contributed by atoms with Gasteiger partial charge in [-0.3, -0.25) is 0 Å². The highest BCUT2D eigenvalue weighted by molar-refractivity contribution is 5.41. The smallest absolute Gasteiger partial charge is 0.158 e. The molecule has 1 aromatic carbocycles. The van der Waals surface area contributed by atoms with E-state index in [1.54, 1.807) is 13.3 Å². The molecule has 3 heterocycles. The highest BCUT2D eigenvalue weighted by Gasteiger charge is 2.28. The van der Waals surface area contributed by atoms with E-state index in [0.29, 0.717) is 24.2 Å². The van der Waals surface area contributed by atoms with Crippen LogP contribution in [0.5, 0.6) is 5.75 Å². The van der Waals surface area contributed by atoms with Gasteiger partial charge in [-0.1, -0.05) is 19.1 Å². The molecule has 0 bridgehead atoms. The number of nitrogens with one attached hydrogen (secondary N) is 3. The number of nitriles is 1. The second-order valence-corrected chi connectivity index (χ2v) is 7.86. The lowest BCUT2D eigenvalue weighted by molar-refractivity contribution is 0.0469. The minimum atomic E-state index is -0.0242. The monoisotopic (exact) mass is 423 g/mol. The second kappa shape index (κ2) is 10.0. The molecular weight excluding hydrogens is 394 g/mol. The van der Waals surface area contributed by atoms with Crippen LogP contribution in [0.2, 0.25) is 0 Å². The lowest BCUT2D eigenvalue weighted by atomic mass is 10.0. The fourth-order valence-corrected chi connectivity index (χ4v) is 4.06. The summed E-state index contributed by atoms with van der Waals surface area (Å²) < 4.78 is 11.8. The van der Waals surface area contributed by atoms with Crippen molar-refractivity contribution >= 4 is 5.82 Å². The first-order chi connectivity index (χ1) is 15.2. The number of benzene rings is 1. The number of likely N-dealkylation sites (tertiary alicyclic amines) is 1. The highest BCUT2D eigenvalue weighted by atomic mass is 16.5. The Hall–Kier alpha value is -2.77. The minimum Gasteiger partial charge on any atom is -0.496 e. The van der Waals surface area contributed by atoms with E-state index in [4.69, 9.17) is 14.7 Å². The third kappa shape index (κ3) is 5.29. The van der Waals surface area contributed by atoms with Gasteiger partial charge in [0.05, 0.1) is 44.4 Å². The summed E-state index contributed by atoms with van der Waals surface area (Å²) in [5, 5.41) is 12.1. The summed E-state index contributed by atoms with van der Waals surface area (Å²) in [4.78, 5) is 10.7. The molecule has 31 heavy (non-hydrogen) atoms. The Balaban J connectivity index is 1.34. The lowest BCUT2D eigenvalue weighted by Crippen LogP contribution is -2.36. The lowest BCUT2D eigenvalue weighted by Gasteiger charge is -2.17. The third-order valence-electron chi connectivity index (χ3n) is 5.83. The number of likely N-dealkylation sites (N-methyl/N-ethyl adjacent to an activating group) is 1. The van der Waals surface area contributed by atoms with Crippen LogP contribution >= 0.6 is 0 Å². The first-order valence-electron chi connectivity index (χ1n) is 10.7. The van der Waals surface area contributed by atoms with Crippen molar-refractivity contribution in [2.45, 2.75) is 44.7 Å². The summed E-state index contributed by atoms with van der Waals surface area (Å²) in [6.45, 7) is 6.00. The molecule has 3 N–H and O–H groups in total. The van der Waals surface area contributed by atoms with Gasteiger partial charge in [-0.15, -0.1) is 0 Å². The maximum atomic E-state index is 8.84. The quantitative estimate of drug-likeness (QED) is 0.587. The molecule has 0 spiro atoms. The van der Waals surface area contributed by atoms with Crippen LogP contribution in [0.25, 0.3) is 0 Å². The van der Waals surface area contributed by atoms with Gasteiger partial charge in [-0.05, 0) is 24.6 Å². The van der Waals surface area contributed by atoms with Gasteiger partial charge in [0.1, 0.15) is 17.6 Å². The van der Waals surface area contributed by atoms with Crippen molar-refractivity contribution < 1.29 is 9.47 Å². The first-order valence-corrected chi connectivity index (χ1v) is 10.7. The molecule has 0 amide bonds. The normalized spacial score (nSPS) is 23.6. The van der Waals surface area contributed by atoms with Gasteiger partial charge in [-0.2, -0.15) is 5.26 Å². The van der Waals surface area contributed by atoms with E-state index in [1.807, 2.05) is 6.07 Å². The number of hydrogen-bond acceptors (Lipinski definition) is 9. The molecule has 0 saturated carbocycles. The Bertz CT molecular complexity index is 915. The minimum absolute atomic E-state index is 0.0242. The fourth-order valence-electron chi connectivity index (χ4n) is 4.06. The Morgan fingerprint density at radius 1 is 1.29 bits per heavy atom. The molecule has 4 rings (SSSR count). The van der Waals surface area contributed by atoms with Crippen molar-refractivity contribution in [1.29, 1.82) is 5.26 Å². The maximum absolute atomic E-state index is 8.84. The molecule has 1 aromatic heterocycles. The first kappa shape index (κ1) is 21.5. The largest absolute Gasteiger partial charge is 0.496 e. The molecule has 2 fully saturated rings. The van der Waals surface area contributed by atoms with E-state index in [0.717, 1.165) is 49.4 Å². The zero-order valence-corrected chi connectivity index (χ0v) is 18.0. The molecule has 0 aliphatic carbocycles. The van der Waals surface area contributed by atoms with E-state index in [-0.39, 0.29) is 12.2 Å². The standard InChI is InChI=1S/C22H29N7O2/c1-3-29-7-6-17(13-29)31-14-15-4-5-18(20(8-15)30-2)19-9-21(28-27-19)26-22-12-24-16(10-23)11-25-22/h4-5,8,11-12,17,19,21,27-28H,3,6-7,9,13-14H2,1-2H3,(H,25,26)/t17-,19?,21?/m1/s1. The van der Waals surface area contributed by atoms with Crippen LogP contribution in [0.3, 0.4) is 0 Å². The van der Waals surface area contributed by atoms with Crippen LogP contribution in [0.4, 0.5) is 5.82 Å². The van der Waals surface area contributed by atoms with Crippen molar-refractivity contribution in [2.24, 2.45) is 0 Å². The topological polar surface area (TPSA) is 107 Å². The Morgan fingerprint density at radius 3 is 2.90 bits per heavy atom. The van der Waals surface area contributed by atoms with E-state index in [2.05, 4.69) is 56.2 Å². The molecule has 2 aliphatic heterocycles. The number of aromatic nitrogens is 2. The molecule has 2 aliphatic rings. The average molecular weight is 424 g/mol. The summed E-state index contributed by atoms with van der Waals surface area (Å²) in [5.74, 6) is 1.47. The van der Waals surface area contributed by atoms with E-state index >= 15 is 0 Å². The Kier molecular flexibility index (Phi) is 6.94. The van der Waals surface area contributed by atoms with Crippen LogP contribution in [-0.4, -0.2) is 53.9 Å². The fraction of sp³-hybridized carbons (Fsp3) is 0.500. The van der Waals surface area contributed by atoms with E-state index < -0.39 is 0 Å². The summed E-state index contributed by atoms with van der Waals surface area (Å²) in [6.07, 6.45) is 5.19. The summed E-state index contributed by atoms with van der Waals surface area (Å²) >= 11 is 0. The van der Waals surface area contributed by atoms with Crippen LogP contribution in [-0.2, 0) is 11.3 Å². The number of hydrazine groups is 1. The van der Waals surface area contributed by atoms with Gasteiger partial charge in [0.25, 0.3) is 0 Å². The summed E-state index contributed by atoms with van der Waals surface area (Å²) in [6, 6.07) is 8.33. The van der Waals surface area contributed by atoms with Crippen molar-refractivity contribution in [2.75, 3.05) is 32.1 Å². The van der Waals surface area contributed by atoms with Gasteiger partial charge in [0.15, 0.2) is 5.69 Å². The molecule has 3 atom stereocenters. The van der Waals surface area contributed by atoms with Crippen molar-refractivity contribution in [3.05, 3.63) is 47.4 Å². The Morgan fingerprint density at radius 2 is 2.19 bits per heavy atom. The predicted octanol–water partition coefficient (Wildman–Crippen LogP) is 1.94. The number of rotatable bonds is 8. The predicted molar refractivity (Wildman–Crippen MR) is 116 cm³/mol. The van der Waals surface area contributed by atoms with Crippen molar-refractivity contribution in [1.82, 2.24) is 25.7 Å². The zero-order chi connectivity index (χ0) is 21.6. The second-order valence-electron chi connectivity index (χ2n) is 7.86. The highest BCUT2D eigenvalue weighted by Crippen LogP contribution is 2.31. The number of methoxy groups -OCH3 is 1. The average Bonchev–Trinajstić information content (AvgIpc) is 3.47. The van der Waals surface area contributed by atoms with Crippen molar-refractivity contribution in [3.8, 4) is 11.8 Å². The number of hydrogen-bond donors (Lipinski definition) is 3. The van der Waals surface area contributed by atoms with E-state index in [1.165, 1.54) is 6.20 Å². The molecule has 2 unspecified atom stereocenters. The zero-order valence-electron chi connectivity index (χ0n) is 18.0. The van der Waals surface area contributed by atoms with Gasteiger partial charge < -0.3 is 19.7 Å². The molecular formula is C22H29N7O2. The number of anilines is 1. The SMILES string of the molecule is CCN1CC[C@@H](OCc2ccc(C3CC(Nc4cnc(C#N)cn4)NN3)c(OC)c2)C1. The molecule has 9 heteroatoms. The van der Waals surface area contributed by atoms with E-state index in [9.17, 15) is 0 Å².